The Morgan fingerprint density at radius 3 is 2.59 bits per heavy atom. The number of hydrogen-bond acceptors (Lipinski definition) is 7. The van der Waals surface area contributed by atoms with Crippen LogP contribution in [0.5, 0.6) is 5.75 Å². The highest BCUT2D eigenvalue weighted by Gasteiger charge is 2.41. The minimum Gasteiger partial charge on any atom is -0.497 e. The number of aromatic nitrogens is 1. The smallest absolute Gasteiger partial charge is 0.269 e. The third-order valence-corrected chi connectivity index (χ3v) is 6.88. The Morgan fingerprint density at radius 1 is 1.17 bits per heavy atom. The van der Waals surface area contributed by atoms with Crippen LogP contribution in [0.4, 0.5) is 5.13 Å². The molecule has 0 unspecified atom stereocenters. The molecule has 1 aromatic heterocycles. The van der Waals surface area contributed by atoms with Crippen LogP contribution >= 0.6 is 11.3 Å². The number of amides is 2. The van der Waals surface area contributed by atoms with Crippen molar-refractivity contribution in [2.24, 2.45) is 0 Å². The number of sulfonamides is 1. The number of nitrogens with one attached hydrogen (secondary N) is 1. The Kier molecular flexibility index (Phi) is 4.81. The molecule has 148 valence electrons. The number of thiazole rings is 1. The zero-order valence-electron chi connectivity index (χ0n) is 15.2. The molecule has 0 spiro atoms. The van der Waals surface area contributed by atoms with Gasteiger partial charge in [0.05, 0.1) is 18.4 Å². The third kappa shape index (κ3) is 3.47. The molecule has 10 heteroatoms. The first kappa shape index (κ1) is 19.1. The monoisotopic (exact) mass is 429 g/mol. The molecule has 3 aromatic rings. The molecule has 0 fully saturated rings. The second kappa shape index (κ2) is 7.30. The van der Waals surface area contributed by atoms with Gasteiger partial charge in [-0.15, -0.1) is 11.3 Å². The average molecular weight is 429 g/mol. The second-order valence-corrected chi connectivity index (χ2v) is 8.82. The minimum atomic E-state index is -4.03. The Bertz CT molecular complexity index is 1200. The molecule has 1 aliphatic heterocycles. The number of rotatable bonds is 5. The van der Waals surface area contributed by atoms with E-state index >= 15 is 0 Å². The summed E-state index contributed by atoms with van der Waals surface area (Å²) < 4.78 is 30.7. The maximum Gasteiger partial charge on any atom is 0.269 e. The first-order chi connectivity index (χ1) is 13.9. The average Bonchev–Trinajstić information content (AvgIpc) is 3.26. The number of anilines is 1. The summed E-state index contributed by atoms with van der Waals surface area (Å²) in [6.07, 6.45) is 0. The fraction of sp³-hybridized carbons (Fsp3) is 0.105. The molecule has 0 bridgehead atoms. The Hall–Kier alpha value is -3.24. The SMILES string of the molecule is COc1ccc(-c2csc(NC(=O)CN3C(=O)c4ccccc4S3(=O)=O)n2)cc1. The first-order valence-corrected chi connectivity index (χ1v) is 10.8. The molecule has 1 aliphatic rings. The Balaban J connectivity index is 1.47. The molecule has 2 aromatic carbocycles. The quantitative estimate of drug-likeness (QED) is 0.668. The van der Waals surface area contributed by atoms with Crippen LogP contribution in [-0.4, -0.2) is 43.2 Å². The number of hydrogen-bond donors (Lipinski definition) is 1. The topological polar surface area (TPSA) is 106 Å². The molecule has 0 atom stereocenters. The van der Waals surface area contributed by atoms with E-state index in [9.17, 15) is 18.0 Å². The molecular formula is C19H15N3O5S2. The Labute approximate surface area is 170 Å². The summed E-state index contributed by atoms with van der Waals surface area (Å²) in [5, 5.41) is 4.63. The van der Waals surface area contributed by atoms with Crippen LogP contribution in [0.15, 0.2) is 58.8 Å². The van der Waals surface area contributed by atoms with Crippen molar-refractivity contribution in [1.82, 2.24) is 9.29 Å². The van der Waals surface area contributed by atoms with Crippen molar-refractivity contribution in [3.63, 3.8) is 0 Å². The summed E-state index contributed by atoms with van der Waals surface area (Å²) in [6, 6.07) is 13.2. The number of ether oxygens (including phenoxy) is 1. The van der Waals surface area contributed by atoms with Crippen molar-refractivity contribution < 1.29 is 22.7 Å². The van der Waals surface area contributed by atoms with E-state index in [0.717, 1.165) is 11.3 Å². The molecular weight excluding hydrogens is 414 g/mol. The molecule has 0 saturated carbocycles. The maximum absolute atomic E-state index is 12.5. The maximum atomic E-state index is 12.5. The van der Waals surface area contributed by atoms with Gasteiger partial charge in [0.2, 0.25) is 5.91 Å². The molecule has 0 aliphatic carbocycles. The van der Waals surface area contributed by atoms with E-state index in [0.29, 0.717) is 15.1 Å². The lowest BCUT2D eigenvalue weighted by Crippen LogP contribution is -2.37. The van der Waals surface area contributed by atoms with Crippen LogP contribution in [0.3, 0.4) is 0 Å². The summed E-state index contributed by atoms with van der Waals surface area (Å²) in [4.78, 5) is 29.0. The molecule has 0 radical (unpaired) electrons. The van der Waals surface area contributed by atoms with Crippen molar-refractivity contribution in [3.8, 4) is 17.0 Å². The van der Waals surface area contributed by atoms with Crippen LogP contribution in [0.25, 0.3) is 11.3 Å². The fourth-order valence-electron chi connectivity index (χ4n) is 2.90. The molecule has 0 saturated heterocycles. The van der Waals surface area contributed by atoms with Gasteiger partial charge in [-0.25, -0.2) is 17.7 Å². The lowest BCUT2D eigenvalue weighted by molar-refractivity contribution is -0.116. The van der Waals surface area contributed by atoms with Gasteiger partial charge in [0.25, 0.3) is 15.9 Å². The minimum absolute atomic E-state index is 0.0661. The van der Waals surface area contributed by atoms with Gasteiger partial charge in [-0.1, -0.05) is 12.1 Å². The van der Waals surface area contributed by atoms with E-state index < -0.39 is 28.4 Å². The normalized spacial score (nSPS) is 14.5. The second-order valence-electron chi connectivity index (χ2n) is 6.13. The van der Waals surface area contributed by atoms with Crippen LogP contribution in [0, 0.1) is 0 Å². The summed E-state index contributed by atoms with van der Waals surface area (Å²) in [6.45, 7) is -0.618. The van der Waals surface area contributed by atoms with Gasteiger partial charge in [-0.05, 0) is 36.4 Å². The zero-order valence-corrected chi connectivity index (χ0v) is 16.8. The van der Waals surface area contributed by atoms with Crippen LogP contribution in [0.2, 0.25) is 0 Å². The first-order valence-electron chi connectivity index (χ1n) is 8.46. The third-order valence-electron chi connectivity index (χ3n) is 4.34. The fourth-order valence-corrected chi connectivity index (χ4v) is 5.16. The molecule has 29 heavy (non-hydrogen) atoms. The van der Waals surface area contributed by atoms with Crippen LogP contribution in [0.1, 0.15) is 10.4 Å². The summed E-state index contributed by atoms with van der Waals surface area (Å²) in [7, 11) is -2.45. The summed E-state index contributed by atoms with van der Waals surface area (Å²) in [5.74, 6) is -0.644. The molecule has 8 nitrogen and oxygen atoms in total. The van der Waals surface area contributed by atoms with Crippen molar-refractivity contribution in [2.75, 3.05) is 19.0 Å². The van der Waals surface area contributed by atoms with Gasteiger partial charge in [0.15, 0.2) is 5.13 Å². The lowest BCUT2D eigenvalue weighted by atomic mass is 10.2. The van der Waals surface area contributed by atoms with Gasteiger partial charge in [-0.3, -0.25) is 9.59 Å². The number of carbonyl (C=O) groups is 2. The number of fused-ring (bicyclic) bond motifs is 1. The van der Waals surface area contributed by atoms with Crippen LogP contribution < -0.4 is 10.1 Å². The van der Waals surface area contributed by atoms with E-state index in [1.165, 1.54) is 29.5 Å². The summed E-state index contributed by atoms with van der Waals surface area (Å²) >= 11 is 1.20. The molecule has 4 rings (SSSR count). The van der Waals surface area contributed by atoms with Gasteiger partial charge in [-0.2, -0.15) is 0 Å². The molecule has 1 N–H and O–H groups in total. The lowest BCUT2D eigenvalue weighted by Gasteiger charge is -2.13. The molecule has 2 heterocycles. The largest absolute Gasteiger partial charge is 0.497 e. The van der Waals surface area contributed by atoms with E-state index in [4.69, 9.17) is 4.74 Å². The van der Waals surface area contributed by atoms with Crippen molar-refractivity contribution in [1.29, 1.82) is 0 Å². The van der Waals surface area contributed by atoms with Gasteiger partial charge < -0.3 is 10.1 Å². The Morgan fingerprint density at radius 2 is 1.90 bits per heavy atom. The van der Waals surface area contributed by atoms with Crippen LogP contribution in [-0.2, 0) is 14.8 Å². The highest BCUT2D eigenvalue weighted by atomic mass is 32.2. The van der Waals surface area contributed by atoms with E-state index in [1.54, 1.807) is 30.7 Å². The predicted octanol–water partition coefficient (Wildman–Crippen LogP) is 2.60. The van der Waals surface area contributed by atoms with E-state index in [-0.39, 0.29) is 10.5 Å². The van der Waals surface area contributed by atoms with Gasteiger partial charge >= 0.3 is 0 Å². The number of carbonyl (C=O) groups excluding carboxylic acids is 2. The highest BCUT2D eigenvalue weighted by molar-refractivity contribution is 7.90. The number of nitrogens with zero attached hydrogens (tertiary/aromatic N) is 2. The van der Waals surface area contributed by atoms with Gasteiger partial charge in [0, 0.05) is 10.9 Å². The van der Waals surface area contributed by atoms with Crippen molar-refractivity contribution in [2.45, 2.75) is 4.90 Å². The van der Waals surface area contributed by atoms with Gasteiger partial charge in [0.1, 0.15) is 17.2 Å². The highest BCUT2D eigenvalue weighted by Crippen LogP contribution is 2.30. The van der Waals surface area contributed by atoms with Crippen molar-refractivity contribution >= 4 is 38.3 Å². The zero-order chi connectivity index (χ0) is 20.6. The van der Waals surface area contributed by atoms with Crippen molar-refractivity contribution in [3.05, 3.63) is 59.5 Å². The van der Waals surface area contributed by atoms with E-state index in [2.05, 4.69) is 10.3 Å². The summed E-state index contributed by atoms with van der Waals surface area (Å²) in [5.41, 5.74) is 1.57. The molecule has 2 amide bonds. The number of benzene rings is 2. The van der Waals surface area contributed by atoms with E-state index in [1.807, 2.05) is 12.1 Å². The standard InChI is InChI=1S/C19H15N3O5S2/c1-27-13-8-6-12(7-9-13)15-11-28-19(20-15)21-17(23)10-22-18(24)14-4-2-3-5-16(14)29(22,25)26/h2-9,11H,10H2,1H3,(H,20,21,23). The number of methoxy groups -OCH3 is 1. The predicted molar refractivity (Wildman–Crippen MR) is 107 cm³/mol.